The summed E-state index contributed by atoms with van der Waals surface area (Å²) in [4.78, 5) is 13.6. The van der Waals surface area contributed by atoms with E-state index < -0.39 is 0 Å². The monoisotopic (exact) mass is 468 g/mol. The second kappa shape index (κ2) is 10.1. The number of thiophene rings is 1. The number of halogens is 1. The van der Waals surface area contributed by atoms with Crippen LogP contribution in [0, 0.1) is 0 Å². The Kier molecular flexibility index (Phi) is 7.06. The van der Waals surface area contributed by atoms with Crippen LogP contribution in [0.4, 0.5) is 0 Å². The molecule has 4 aromatic rings. The molecule has 4 rings (SSSR count). The number of rotatable bonds is 8. The smallest absolute Gasteiger partial charge is 0.230 e. The summed E-state index contributed by atoms with van der Waals surface area (Å²) in [6.45, 7) is 1.99. The number of nitrogens with one attached hydrogen (secondary N) is 1. The molecule has 0 radical (unpaired) electrons. The molecule has 8 heteroatoms. The molecule has 2 aromatic heterocycles. The highest BCUT2D eigenvalue weighted by molar-refractivity contribution is 7.99. The third-order valence-electron chi connectivity index (χ3n) is 4.67. The highest BCUT2D eigenvalue weighted by Gasteiger charge is 2.17. The zero-order chi connectivity index (χ0) is 21.6. The fraction of sp³-hybridized carbons (Fsp3) is 0.174. The zero-order valence-corrected chi connectivity index (χ0v) is 19.3. The number of nitrogens with zero attached hydrogens (tertiary/aromatic N) is 3. The summed E-state index contributed by atoms with van der Waals surface area (Å²) < 4.78 is 1.99. The first kappa shape index (κ1) is 21.6. The topological polar surface area (TPSA) is 59.8 Å². The Hall–Kier alpha value is -2.61. The van der Waals surface area contributed by atoms with Crippen LogP contribution < -0.4 is 5.32 Å². The lowest BCUT2D eigenvalue weighted by Crippen LogP contribution is -2.27. The summed E-state index contributed by atoms with van der Waals surface area (Å²) in [5, 5.41) is 15.2. The minimum absolute atomic E-state index is 0.0177. The maximum atomic E-state index is 12.5. The summed E-state index contributed by atoms with van der Waals surface area (Å²) in [6.07, 6.45) is 0.638. The van der Waals surface area contributed by atoms with Crippen molar-refractivity contribution in [1.29, 1.82) is 0 Å². The standard InChI is InChI=1S/C23H21ClN4OS2/c1-16(20-8-5-13-30-20)25-22(29)15-31-23-27-26-21(14-17-6-3-2-4-7-17)28(23)19-11-9-18(24)10-12-19/h2-13,16H,14-15H2,1H3,(H,25,29). The van der Waals surface area contributed by atoms with Crippen molar-refractivity contribution in [3.8, 4) is 5.69 Å². The van der Waals surface area contributed by atoms with Crippen LogP contribution in [0.3, 0.4) is 0 Å². The molecule has 0 fully saturated rings. The summed E-state index contributed by atoms with van der Waals surface area (Å²) in [5.41, 5.74) is 2.05. The molecule has 1 atom stereocenters. The van der Waals surface area contributed by atoms with E-state index in [9.17, 15) is 4.79 Å². The lowest BCUT2D eigenvalue weighted by Gasteiger charge is -2.13. The molecule has 1 unspecified atom stereocenters. The number of carbonyl (C=O) groups excluding carboxylic acids is 1. The van der Waals surface area contributed by atoms with E-state index in [4.69, 9.17) is 11.6 Å². The molecule has 1 N–H and O–H groups in total. The summed E-state index contributed by atoms with van der Waals surface area (Å²) in [6, 6.07) is 21.7. The van der Waals surface area contributed by atoms with Gasteiger partial charge in [0.2, 0.25) is 5.91 Å². The van der Waals surface area contributed by atoms with Gasteiger partial charge in [-0.25, -0.2) is 0 Å². The molecule has 0 aliphatic heterocycles. The lowest BCUT2D eigenvalue weighted by atomic mass is 10.1. The van der Waals surface area contributed by atoms with Crippen LogP contribution in [0.1, 0.15) is 29.2 Å². The number of benzene rings is 2. The molecule has 0 aliphatic rings. The number of amides is 1. The van der Waals surface area contributed by atoms with Crippen molar-refractivity contribution in [1.82, 2.24) is 20.1 Å². The second-order valence-corrected chi connectivity index (χ2v) is 9.32. The quantitative estimate of drug-likeness (QED) is 0.345. The van der Waals surface area contributed by atoms with Crippen molar-refractivity contribution < 1.29 is 4.79 Å². The Balaban J connectivity index is 1.52. The largest absolute Gasteiger partial charge is 0.348 e. The Morgan fingerprint density at radius 2 is 1.87 bits per heavy atom. The van der Waals surface area contributed by atoms with Gasteiger partial charge in [0.25, 0.3) is 0 Å². The first-order chi connectivity index (χ1) is 15.1. The van der Waals surface area contributed by atoms with E-state index in [1.54, 1.807) is 11.3 Å². The molecule has 0 bridgehead atoms. The molecule has 1 amide bonds. The van der Waals surface area contributed by atoms with Gasteiger partial charge >= 0.3 is 0 Å². The van der Waals surface area contributed by atoms with E-state index in [-0.39, 0.29) is 17.7 Å². The van der Waals surface area contributed by atoms with Crippen LogP contribution in [0.5, 0.6) is 0 Å². The Bertz CT molecular complexity index is 1130. The minimum atomic E-state index is -0.0406. The lowest BCUT2D eigenvalue weighted by molar-refractivity contribution is -0.119. The van der Waals surface area contributed by atoms with Gasteiger partial charge in [-0.3, -0.25) is 9.36 Å². The van der Waals surface area contributed by atoms with Crippen LogP contribution in [0.15, 0.2) is 77.3 Å². The zero-order valence-electron chi connectivity index (χ0n) is 16.9. The van der Waals surface area contributed by atoms with Gasteiger partial charge in [0.15, 0.2) is 5.16 Å². The molecule has 0 saturated heterocycles. The molecule has 158 valence electrons. The summed E-state index contributed by atoms with van der Waals surface area (Å²) in [5.74, 6) is 1.02. The molecular weight excluding hydrogens is 448 g/mol. The highest BCUT2D eigenvalue weighted by atomic mass is 35.5. The van der Waals surface area contributed by atoms with Gasteiger partial charge in [-0.1, -0.05) is 59.8 Å². The Morgan fingerprint density at radius 1 is 1.10 bits per heavy atom. The molecule has 0 saturated carbocycles. The van der Waals surface area contributed by atoms with Gasteiger partial charge in [-0.2, -0.15) is 0 Å². The van der Waals surface area contributed by atoms with Crippen molar-refractivity contribution in [2.45, 2.75) is 24.5 Å². The van der Waals surface area contributed by atoms with Gasteiger partial charge < -0.3 is 5.32 Å². The Labute approximate surface area is 194 Å². The molecular formula is C23H21ClN4OS2. The predicted octanol–water partition coefficient (Wildman–Crippen LogP) is 5.54. The maximum absolute atomic E-state index is 12.5. The van der Waals surface area contributed by atoms with E-state index in [1.807, 2.05) is 71.5 Å². The van der Waals surface area contributed by atoms with Crippen molar-refractivity contribution in [2.24, 2.45) is 0 Å². The third-order valence-corrected chi connectivity index (χ3v) is 6.91. The van der Waals surface area contributed by atoms with Gasteiger partial charge in [0, 0.05) is 22.0 Å². The summed E-state index contributed by atoms with van der Waals surface area (Å²) >= 11 is 9.08. The van der Waals surface area contributed by atoms with Crippen molar-refractivity contribution in [3.63, 3.8) is 0 Å². The van der Waals surface area contributed by atoms with Crippen LogP contribution in [-0.4, -0.2) is 26.4 Å². The molecule has 0 spiro atoms. The number of thioether (sulfide) groups is 1. The third kappa shape index (κ3) is 5.55. The van der Waals surface area contributed by atoms with Crippen LogP contribution in [-0.2, 0) is 11.2 Å². The SMILES string of the molecule is CC(NC(=O)CSc1nnc(Cc2ccccc2)n1-c1ccc(Cl)cc1)c1cccs1. The van der Waals surface area contributed by atoms with Crippen LogP contribution >= 0.6 is 34.7 Å². The first-order valence-corrected chi connectivity index (χ1v) is 12.0. The Morgan fingerprint density at radius 3 is 2.58 bits per heavy atom. The van der Waals surface area contributed by atoms with Crippen molar-refractivity contribution >= 4 is 40.6 Å². The fourth-order valence-electron chi connectivity index (χ4n) is 3.16. The maximum Gasteiger partial charge on any atom is 0.230 e. The molecule has 31 heavy (non-hydrogen) atoms. The molecule has 2 aromatic carbocycles. The van der Waals surface area contributed by atoms with E-state index in [0.29, 0.717) is 16.6 Å². The molecule has 0 aliphatic carbocycles. The average Bonchev–Trinajstić information content (AvgIpc) is 3.44. The van der Waals surface area contributed by atoms with Gasteiger partial charge in [0.1, 0.15) is 5.82 Å². The minimum Gasteiger partial charge on any atom is -0.348 e. The fourth-order valence-corrected chi connectivity index (χ4v) is 4.80. The van der Waals surface area contributed by atoms with E-state index in [0.717, 1.165) is 22.0 Å². The van der Waals surface area contributed by atoms with Crippen LogP contribution in [0.2, 0.25) is 5.02 Å². The average molecular weight is 469 g/mol. The number of hydrogen-bond acceptors (Lipinski definition) is 5. The van der Waals surface area contributed by atoms with Crippen LogP contribution in [0.25, 0.3) is 5.69 Å². The van der Waals surface area contributed by atoms with Crippen molar-refractivity contribution in [2.75, 3.05) is 5.75 Å². The highest BCUT2D eigenvalue weighted by Crippen LogP contribution is 2.25. The van der Waals surface area contributed by atoms with Gasteiger partial charge in [-0.05, 0) is 48.2 Å². The number of hydrogen-bond donors (Lipinski definition) is 1. The van der Waals surface area contributed by atoms with Crippen molar-refractivity contribution in [3.05, 3.63) is 93.4 Å². The first-order valence-electron chi connectivity index (χ1n) is 9.80. The van der Waals surface area contributed by atoms with E-state index >= 15 is 0 Å². The normalized spacial score (nSPS) is 11.9. The number of carbonyl (C=O) groups is 1. The van der Waals surface area contributed by atoms with E-state index in [2.05, 4.69) is 27.6 Å². The van der Waals surface area contributed by atoms with Gasteiger partial charge in [-0.15, -0.1) is 21.5 Å². The molecule has 5 nitrogen and oxygen atoms in total. The second-order valence-electron chi connectivity index (χ2n) is 6.97. The van der Waals surface area contributed by atoms with Gasteiger partial charge in [0.05, 0.1) is 11.8 Å². The number of aromatic nitrogens is 3. The van der Waals surface area contributed by atoms with E-state index in [1.165, 1.54) is 11.8 Å². The predicted molar refractivity (Wildman–Crippen MR) is 127 cm³/mol. The summed E-state index contributed by atoms with van der Waals surface area (Å²) in [7, 11) is 0. The molecule has 2 heterocycles.